The average Bonchev–Trinajstić information content (AvgIpc) is 3.03. The molecule has 5 heteroatoms. The maximum Gasteiger partial charge on any atom is 0.234 e. The fourth-order valence-electron chi connectivity index (χ4n) is 3.96. The number of thiophene rings is 1. The van der Waals surface area contributed by atoms with Crippen LogP contribution in [0.3, 0.4) is 0 Å². The molecule has 3 rings (SSSR count). The SMILES string of the molecule is O=C(CN1CCCN(CC2CCCCC2)CC1)NCc1cccs1. The van der Waals surface area contributed by atoms with Crippen LogP contribution in [0.5, 0.6) is 0 Å². The van der Waals surface area contributed by atoms with Gasteiger partial charge in [0.15, 0.2) is 0 Å². The molecule has 1 amide bonds. The molecule has 4 nitrogen and oxygen atoms in total. The van der Waals surface area contributed by atoms with Crippen molar-refractivity contribution in [2.75, 3.05) is 39.3 Å². The fraction of sp³-hybridized carbons (Fsp3) is 0.737. The summed E-state index contributed by atoms with van der Waals surface area (Å²) in [7, 11) is 0. The zero-order valence-electron chi connectivity index (χ0n) is 14.7. The Hall–Kier alpha value is -0.910. The highest BCUT2D eigenvalue weighted by Crippen LogP contribution is 2.24. The van der Waals surface area contributed by atoms with E-state index in [0.29, 0.717) is 13.1 Å². The third-order valence-corrected chi connectivity index (χ3v) is 6.21. The Kier molecular flexibility index (Phi) is 7.12. The van der Waals surface area contributed by atoms with Crippen molar-refractivity contribution in [1.29, 1.82) is 0 Å². The maximum absolute atomic E-state index is 12.2. The number of hydrogen-bond acceptors (Lipinski definition) is 4. The Morgan fingerprint density at radius 1 is 1.08 bits per heavy atom. The van der Waals surface area contributed by atoms with Gasteiger partial charge in [-0.05, 0) is 49.7 Å². The van der Waals surface area contributed by atoms with Gasteiger partial charge in [0.1, 0.15) is 0 Å². The quantitative estimate of drug-likeness (QED) is 0.858. The van der Waals surface area contributed by atoms with Crippen molar-refractivity contribution >= 4 is 17.2 Å². The highest BCUT2D eigenvalue weighted by atomic mass is 32.1. The largest absolute Gasteiger partial charge is 0.350 e. The molecule has 1 aliphatic carbocycles. The molecule has 1 aliphatic heterocycles. The Bertz CT molecular complexity index is 485. The third kappa shape index (κ3) is 5.87. The van der Waals surface area contributed by atoms with Crippen molar-refractivity contribution < 1.29 is 4.79 Å². The number of carbonyl (C=O) groups is 1. The second kappa shape index (κ2) is 9.54. The minimum atomic E-state index is 0.157. The van der Waals surface area contributed by atoms with Gasteiger partial charge < -0.3 is 10.2 Å². The van der Waals surface area contributed by atoms with Gasteiger partial charge in [-0.1, -0.05) is 25.3 Å². The highest BCUT2D eigenvalue weighted by molar-refractivity contribution is 7.09. The first kappa shape index (κ1) is 17.9. The lowest BCUT2D eigenvalue weighted by atomic mass is 9.89. The zero-order chi connectivity index (χ0) is 16.6. The summed E-state index contributed by atoms with van der Waals surface area (Å²) in [4.78, 5) is 18.3. The van der Waals surface area contributed by atoms with Crippen molar-refractivity contribution in [3.8, 4) is 0 Å². The number of hydrogen-bond donors (Lipinski definition) is 1. The van der Waals surface area contributed by atoms with Crippen LogP contribution in [-0.4, -0.2) is 55.0 Å². The van der Waals surface area contributed by atoms with Crippen LogP contribution in [0, 0.1) is 5.92 Å². The molecule has 1 saturated carbocycles. The van der Waals surface area contributed by atoms with Crippen LogP contribution >= 0.6 is 11.3 Å². The van der Waals surface area contributed by atoms with E-state index in [1.807, 2.05) is 6.07 Å². The molecule has 0 bridgehead atoms. The second-order valence-electron chi connectivity index (χ2n) is 7.29. The molecular weight excluding hydrogens is 318 g/mol. The number of nitrogens with zero attached hydrogens (tertiary/aromatic N) is 2. The molecule has 1 aromatic rings. The standard InChI is InChI=1S/C19H31N3OS/c23-19(20-14-18-8-4-13-24-18)16-22-10-5-9-21(11-12-22)15-17-6-2-1-3-7-17/h4,8,13,17H,1-3,5-7,9-12,14-16H2,(H,20,23). The Morgan fingerprint density at radius 3 is 2.67 bits per heavy atom. The van der Waals surface area contributed by atoms with Gasteiger partial charge in [-0.3, -0.25) is 9.69 Å². The maximum atomic E-state index is 12.2. The van der Waals surface area contributed by atoms with Crippen molar-refractivity contribution in [2.45, 2.75) is 45.1 Å². The first-order valence-electron chi connectivity index (χ1n) is 9.53. The molecule has 1 saturated heterocycles. The minimum absolute atomic E-state index is 0.157. The van der Waals surface area contributed by atoms with Crippen molar-refractivity contribution in [2.24, 2.45) is 5.92 Å². The van der Waals surface area contributed by atoms with Crippen LogP contribution in [0.25, 0.3) is 0 Å². The van der Waals surface area contributed by atoms with Crippen molar-refractivity contribution in [3.63, 3.8) is 0 Å². The molecule has 0 aromatic carbocycles. The predicted molar refractivity (Wildman–Crippen MR) is 100 cm³/mol. The van der Waals surface area contributed by atoms with E-state index in [2.05, 4.69) is 26.6 Å². The molecule has 2 fully saturated rings. The summed E-state index contributed by atoms with van der Waals surface area (Å²) in [5.41, 5.74) is 0. The molecule has 2 heterocycles. The number of carbonyl (C=O) groups excluding carboxylic acids is 1. The highest BCUT2D eigenvalue weighted by Gasteiger charge is 2.21. The minimum Gasteiger partial charge on any atom is -0.350 e. The van der Waals surface area contributed by atoms with Crippen LogP contribution in [0.4, 0.5) is 0 Å². The molecule has 0 atom stereocenters. The smallest absolute Gasteiger partial charge is 0.234 e. The van der Waals surface area contributed by atoms with Crippen LogP contribution in [0.15, 0.2) is 17.5 Å². The van der Waals surface area contributed by atoms with E-state index in [1.165, 1.54) is 56.5 Å². The van der Waals surface area contributed by atoms with Crippen LogP contribution in [0.2, 0.25) is 0 Å². The second-order valence-corrected chi connectivity index (χ2v) is 8.32. The third-order valence-electron chi connectivity index (χ3n) is 5.33. The monoisotopic (exact) mass is 349 g/mol. The van der Waals surface area contributed by atoms with Gasteiger partial charge in [0, 0.05) is 24.5 Å². The molecule has 0 spiro atoms. The van der Waals surface area contributed by atoms with Crippen LogP contribution < -0.4 is 5.32 Å². The zero-order valence-corrected chi connectivity index (χ0v) is 15.5. The van der Waals surface area contributed by atoms with Crippen molar-refractivity contribution in [1.82, 2.24) is 15.1 Å². The Balaban J connectivity index is 1.36. The molecule has 1 N–H and O–H groups in total. The normalized spacial score (nSPS) is 21.5. The topological polar surface area (TPSA) is 35.6 Å². The molecule has 1 aromatic heterocycles. The average molecular weight is 350 g/mol. The Morgan fingerprint density at radius 2 is 1.88 bits per heavy atom. The lowest BCUT2D eigenvalue weighted by Gasteiger charge is -2.28. The van der Waals surface area contributed by atoms with E-state index >= 15 is 0 Å². The van der Waals surface area contributed by atoms with Crippen LogP contribution in [-0.2, 0) is 11.3 Å². The number of amides is 1. The lowest BCUT2D eigenvalue weighted by Crippen LogP contribution is -2.39. The van der Waals surface area contributed by atoms with E-state index in [9.17, 15) is 4.79 Å². The molecule has 134 valence electrons. The van der Waals surface area contributed by atoms with E-state index in [0.717, 1.165) is 25.6 Å². The van der Waals surface area contributed by atoms with E-state index < -0.39 is 0 Å². The van der Waals surface area contributed by atoms with Gasteiger partial charge in [-0.25, -0.2) is 0 Å². The molecule has 2 aliphatic rings. The lowest BCUT2D eigenvalue weighted by molar-refractivity contribution is -0.122. The molecular formula is C19H31N3OS. The summed E-state index contributed by atoms with van der Waals surface area (Å²) in [6, 6.07) is 4.10. The molecule has 24 heavy (non-hydrogen) atoms. The van der Waals surface area contributed by atoms with Gasteiger partial charge in [-0.15, -0.1) is 11.3 Å². The van der Waals surface area contributed by atoms with Gasteiger partial charge >= 0.3 is 0 Å². The fourth-order valence-corrected chi connectivity index (χ4v) is 4.60. The summed E-state index contributed by atoms with van der Waals surface area (Å²) in [5, 5.41) is 5.10. The van der Waals surface area contributed by atoms with E-state index in [-0.39, 0.29) is 5.91 Å². The van der Waals surface area contributed by atoms with Gasteiger partial charge in [0.2, 0.25) is 5.91 Å². The van der Waals surface area contributed by atoms with Gasteiger partial charge in [0.05, 0.1) is 13.1 Å². The molecule has 0 radical (unpaired) electrons. The van der Waals surface area contributed by atoms with Gasteiger partial charge in [0.25, 0.3) is 0 Å². The van der Waals surface area contributed by atoms with Crippen LogP contribution in [0.1, 0.15) is 43.4 Å². The van der Waals surface area contributed by atoms with Gasteiger partial charge in [-0.2, -0.15) is 0 Å². The number of nitrogens with one attached hydrogen (secondary N) is 1. The van der Waals surface area contributed by atoms with Crippen molar-refractivity contribution in [3.05, 3.63) is 22.4 Å². The summed E-state index contributed by atoms with van der Waals surface area (Å²) in [5.74, 6) is 1.07. The first-order chi connectivity index (χ1) is 11.8. The first-order valence-corrected chi connectivity index (χ1v) is 10.4. The summed E-state index contributed by atoms with van der Waals surface area (Å²) >= 11 is 1.70. The summed E-state index contributed by atoms with van der Waals surface area (Å²) < 4.78 is 0. The summed E-state index contributed by atoms with van der Waals surface area (Å²) in [6.45, 7) is 6.88. The predicted octanol–water partition coefficient (Wildman–Crippen LogP) is 2.95. The molecule has 0 unspecified atom stereocenters. The summed E-state index contributed by atoms with van der Waals surface area (Å²) in [6.07, 6.45) is 8.32. The number of rotatable bonds is 6. The Labute approximate surface area is 150 Å². The van der Waals surface area contributed by atoms with E-state index in [1.54, 1.807) is 11.3 Å². The van der Waals surface area contributed by atoms with E-state index in [4.69, 9.17) is 0 Å².